The van der Waals surface area contributed by atoms with E-state index in [1.165, 1.54) is 23.4 Å². The first-order valence-electron chi connectivity index (χ1n) is 19.6. The molecule has 0 aliphatic carbocycles. The highest BCUT2D eigenvalue weighted by Crippen LogP contribution is 2.27. The zero-order chi connectivity index (χ0) is 44.1. The number of ether oxygens (including phenoxy) is 2. The minimum absolute atomic E-state index is 0.0249. The van der Waals surface area contributed by atoms with Crippen LogP contribution >= 0.6 is 0 Å². The van der Waals surface area contributed by atoms with Crippen LogP contribution in [0.2, 0.25) is 0 Å². The molecule has 0 spiro atoms. The van der Waals surface area contributed by atoms with Gasteiger partial charge in [-0.2, -0.15) is 0 Å². The molecular formula is C42H50FN9O9. The molecule has 1 aromatic heterocycles. The van der Waals surface area contributed by atoms with Crippen molar-refractivity contribution < 1.29 is 42.9 Å². The lowest BCUT2D eigenvalue weighted by Crippen LogP contribution is -2.49. The largest absolute Gasteiger partial charge is 0.477 e. The van der Waals surface area contributed by atoms with Crippen LogP contribution in [0.15, 0.2) is 89.6 Å². The van der Waals surface area contributed by atoms with Gasteiger partial charge < -0.3 is 61.7 Å². The number of anilines is 2. The third-order valence-corrected chi connectivity index (χ3v) is 9.97. The summed E-state index contributed by atoms with van der Waals surface area (Å²) in [7, 11) is 0. The molecule has 1 fully saturated rings. The van der Waals surface area contributed by atoms with Crippen LogP contribution in [0.3, 0.4) is 0 Å². The molecule has 1 unspecified atom stereocenters. The predicted molar refractivity (Wildman–Crippen MR) is 225 cm³/mol. The second-order valence-corrected chi connectivity index (χ2v) is 14.2. The lowest BCUT2D eigenvalue weighted by Gasteiger charge is -2.35. The second kappa shape index (κ2) is 21.1. The predicted octanol–water partition coefficient (Wildman–Crippen LogP) is 3.78. The first-order valence-corrected chi connectivity index (χ1v) is 19.6. The fraction of sp³-hybridized carbons (Fsp3) is 0.333. The average Bonchev–Trinajstić information content (AvgIpc) is 3.25. The minimum Gasteiger partial charge on any atom is -0.477 e. The lowest BCUT2D eigenvalue weighted by atomic mass is 10.1. The molecule has 9 N–H and O–H groups in total. The number of nitrogens with one attached hydrogen (secondary N) is 4. The van der Waals surface area contributed by atoms with Crippen molar-refractivity contribution in [2.45, 2.75) is 58.5 Å². The maximum Gasteiger partial charge on any atom is 0.410 e. The van der Waals surface area contributed by atoms with Gasteiger partial charge in [0.1, 0.15) is 30.6 Å². The molecule has 1 saturated heterocycles. The number of hydrogen-bond donors (Lipinski definition) is 7. The summed E-state index contributed by atoms with van der Waals surface area (Å²) in [6, 6.07) is 16.4. The quantitative estimate of drug-likeness (QED) is 0.0751. The van der Waals surface area contributed by atoms with Gasteiger partial charge in [0.05, 0.1) is 17.2 Å². The third kappa shape index (κ3) is 12.4. The van der Waals surface area contributed by atoms with Gasteiger partial charge in [-0.1, -0.05) is 42.5 Å². The van der Waals surface area contributed by atoms with Gasteiger partial charge in [-0.05, 0) is 62.1 Å². The molecule has 0 saturated carbocycles. The smallest absolute Gasteiger partial charge is 0.410 e. The van der Waals surface area contributed by atoms with Crippen LogP contribution in [-0.4, -0.2) is 89.5 Å². The van der Waals surface area contributed by atoms with Crippen LogP contribution in [0.5, 0.6) is 0 Å². The number of nitrogens with two attached hydrogens (primary N) is 2. The monoisotopic (exact) mass is 843 g/mol. The number of pyridine rings is 1. The highest BCUT2D eigenvalue weighted by Gasteiger charge is 2.26. The summed E-state index contributed by atoms with van der Waals surface area (Å²) in [6.07, 6.45) is 2.15. The highest BCUT2D eigenvalue weighted by atomic mass is 19.1. The van der Waals surface area contributed by atoms with E-state index in [9.17, 15) is 33.9 Å². The first-order chi connectivity index (χ1) is 29.2. The number of carbonyl (C=O) groups excluding carboxylic acids is 4. The SMILES string of the molecule is CCn1cc(C(=O)O)c(=O)c2cc(F)c(N3CCN(C(=O)OCc4ccc(NC(=O)[C@H](CCCNC(N)=O)N/C=C(\N)C(C)NC(=O)OCc5ccccc5)cc4)CC3)cc21. The summed E-state index contributed by atoms with van der Waals surface area (Å²) in [5, 5.41) is 20.4. The minimum atomic E-state index is -1.39. The maximum atomic E-state index is 15.3. The Morgan fingerprint density at radius 3 is 2.26 bits per heavy atom. The lowest BCUT2D eigenvalue weighted by molar-refractivity contribution is -0.118. The molecule has 0 bridgehead atoms. The van der Waals surface area contributed by atoms with Crippen molar-refractivity contribution in [3.8, 4) is 0 Å². The number of primary amides is 1. The Hall–Kier alpha value is -7.31. The van der Waals surface area contributed by atoms with Crippen molar-refractivity contribution >= 4 is 52.4 Å². The standard InChI is InChI=1S/C42H50FN9O9/c1-3-50-23-31(39(55)56)37(53)30-20-32(43)36(21-35(30)50)51-16-18-52(19-17-51)42(59)61-25-28-11-13-29(14-12-28)49-38(54)34(10-7-15-46-40(45)57)47-22-33(44)26(2)48-41(58)60-24-27-8-5-4-6-9-27/h4-6,8-9,11-14,20-23,26,34,47H,3,7,10,15-19,24-25,44H2,1-2H3,(H,48,58)(H,49,54)(H,55,56)(H3,45,46,57)/b33-22-/t26?,34-/m0/s1. The van der Waals surface area contributed by atoms with Crippen molar-refractivity contribution in [2.24, 2.45) is 11.5 Å². The summed E-state index contributed by atoms with van der Waals surface area (Å²) in [4.78, 5) is 77.4. The number of carbonyl (C=O) groups is 5. The van der Waals surface area contributed by atoms with Crippen LogP contribution in [0.25, 0.3) is 10.9 Å². The number of aryl methyl sites for hydroxylation is 1. The topological polar surface area (TPSA) is 253 Å². The molecule has 5 rings (SSSR count). The number of urea groups is 1. The number of aromatic carboxylic acids is 1. The Morgan fingerprint density at radius 1 is 0.934 bits per heavy atom. The number of nitrogens with zero attached hydrogens (tertiary/aromatic N) is 3. The van der Waals surface area contributed by atoms with Gasteiger partial charge in [0, 0.05) is 68.4 Å². The van der Waals surface area contributed by atoms with Crippen LogP contribution in [0, 0.1) is 5.82 Å². The van der Waals surface area contributed by atoms with Gasteiger partial charge in [-0.25, -0.2) is 23.6 Å². The van der Waals surface area contributed by atoms with E-state index < -0.39 is 59.0 Å². The van der Waals surface area contributed by atoms with E-state index in [1.54, 1.807) is 47.6 Å². The third-order valence-electron chi connectivity index (χ3n) is 9.97. The molecular weight excluding hydrogens is 794 g/mol. The fourth-order valence-corrected chi connectivity index (χ4v) is 6.49. The Labute approximate surface area is 350 Å². The number of aromatic nitrogens is 1. The van der Waals surface area contributed by atoms with Gasteiger partial charge in [0.15, 0.2) is 0 Å². The molecule has 324 valence electrons. The van der Waals surface area contributed by atoms with Crippen molar-refractivity contribution in [3.63, 3.8) is 0 Å². The number of benzene rings is 3. The van der Waals surface area contributed by atoms with E-state index in [0.29, 0.717) is 29.7 Å². The van der Waals surface area contributed by atoms with Crippen molar-refractivity contribution in [1.29, 1.82) is 0 Å². The van der Waals surface area contributed by atoms with Gasteiger partial charge in [0.2, 0.25) is 11.3 Å². The summed E-state index contributed by atoms with van der Waals surface area (Å²) in [6.45, 7) is 5.14. The van der Waals surface area contributed by atoms with Gasteiger partial charge in [0.25, 0.3) is 0 Å². The molecule has 1 aliphatic rings. The van der Waals surface area contributed by atoms with Crippen LogP contribution in [0.1, 0.15) is 48.2 Å². The number of piperazine rings is 1. The van der Waals surface area contributed by atoms with Gasteiger partial charge in [-0.3, -0.25) is 9.59 Å². The number of rotatable bonds is 17. The molecule has 19 heteroatoms. The van der Waals surface area contributed by atoms with Crippen molar-refractivity contribution in [2.75, 3.05) is 42.9 Å². The van der Waals surface area contributed by atoms with Crippen LogP contribution in [0.4, 0.5) is 30.1 Å². The molecule has 5 amide bonds. The van der Waals surface area contributed by atoms with Gasteiger partial charge in [-0.15, -0.1) is 0 Å². The molecule has 0 radical (unpaired) electrons. The second-order valence-electron chi connectivity index (χ2n) is 14.2. The fourth-order valence-electron chi connectivity index (χ4n) is 6.49. The molecule has 61 heavy (non-hydrogen) atoms. The molecule has 2 heterocycles. The normalized spacial score (nSPS) is 13.8. The summed E-state index contributed by atoms with van der Waals surface area (Å²) in [5.41, 5.74) is 13.0. The average molecular weight is 844 g/mol. The van der Waals surface area contributed by atoms with E-state index in [-0.39, 0.29) is 69.1 Å². The molecule has 18 nitrogen and oxygen atoms in total. The van der Waals surface area contributed by atoms with Gasteiger partial charge >= 0.3 is 24.2 Å². The number of carboxylic acid groups (broad SMARTS) is 1. The maximum absolute atomic E-state index is 15.3. The Kier molecular flexibility index (Phi) is 15.5. The van der Waals surface area contributed by atoms with E-state index in [2.05, 4.69) is 21.3 Å². The number of fused-ring (bicyclic) bond motifs is 1. The summed E-state index contributed by atoms with van der Waals surface area (Å²) in [5.74, 6) is -2.46. The molecule has 2 atom stereocenters. The van der Waals surface area contributed by atoms with E-state index in [1.807, 2.05) is 30.3 Å². The number of alkyl carbamates (subject to hydrolysis) is 1. The van der Waals surface area contributed by atoms with Crippen molar-refractivity contribution in [3.05, 3.63) is 118 Å². The Bertz CT molecular complexity index is 2300. The van der Waals surface area contributed by atoms with Crippen LogP contribution < -0.4 is 43.1 Å². The van der Waals surface area contributed by atoms with Crippen LogP contribution in [-0.2, 0) is 34.0 Å². The van der Waals surface area contributed by atoms with E-state index in [0.717, 1.165) is 11.6 Å². The molecule has 4 aromatic rings. The number of hydrogen-bond acceptors (Lipinski definition) is 11. The Morgan fingerprint density at radius 2 is 1.61 bits per heavy atom. The Balaban J connectivity index is 1.11. The van der Waals surface area contributed by atoms with E-state index in [4.69, 9.17) is 20.9 Å². The number of halogens is 1. The number of carboxylic acids is 1. The van der Waals surface area contributed by atoms with Crippen molar-refractivity contribution in [1.82, 2.24) is 25.4 Å². The highest BCUT2D eigenvalue weighted by molar-refractivity contribution is 5.95. The first kappa shape index (κ1) is 44.8. The molecule has 1 aliphatic heterocycles. The molecule has 3 aromatic carbocycles. The van der Waals surface area contributed by atoms with E-state index >= 15 is 4.39 Å². The summed E-state index contributed by atoms with van der Waals surface area (Å²) < 4.78 is 27.7. The number of amides is 5. The zero-order valence-corrected chi connectivity index (χ0v) is 33.8. The zero-order valence-electron chi connectivity index (χ0n) is 33.8. The summed E-state index contributed by atoms with van der Waals surface area (Å²) >= 11 is 0.